The Labute approximate surface area is 101 Å². The van der Waals surface area contributed by atoms with E-state index in [4.69, 9.17) is 23.2 Å². The molecule has 1 heterocycles. The molecule has 1 aliphatic rings. The summed E-state index contributed by atoms with van der Waals surface area (Å²) >= 11 is 11.6. The fourth-order valence-electron chi connectivity index (χ4n) is 1.22. The molecule has 0 saturated carbocycles. The Morgan fingerprint density at radius 2 is 1.88 bits per heavy atom. The number of halogens is 2. The highest BCUT2D eigenvalue weighted by molar-refractivity contribution is 6.36. The molecule has 0 atom stereocenters. The Bertz CT molecular complexity index is 550. The monoisotopic (exact) mass is 255 g/mol. The van der Waals surface area contributed by atoms with Crippen molar-refractivity contribution >= 4 is 40.7 Å². The van der Waals surface area contributed by atoms with Gasteiger partial charge in [-0.15, -0.1) is 0 Å². The van der Waals surface area contributed by atoms with Crippen molar-refractivity contribution in [3.05, 3.63) is 40.4 Å². The van der Waals surface area contributed by atoms with E-state index in [9.17, 15) is 9.59 Å². The lowest BCUT2D eigenvalue weighted by Crippen LogP contribution is -2.17. The van der Waals surface area contributed by atoms with Gasteiger partial charge in [0.25, 0.3) is 5.69 Å². The first kappa shape index (κ1) is 11.0. The summed E-state index contributed by atoms with van der Waals surface area (Å²) in [5, 5.41) is 4.26. The zero-order valence-corrected chi connectivity index (χ0v) is 9.37. The second-order valence-corrected chi connectivity index (χ2v) is 3.86. The van der Waals surface area contributed by atoms with Gasteiger partial charge in [0, 0.05) is 17.2 Å². The summed E-state index contributed by atoms with van der Waals surface area (Å²) in [4.78, 5) is 22.5. The minimum Gasteiger partial charge on any atom is -0.261 e. The fourth-order valence-corrected chi connectivity index (χ4v) is 1.71. The van der Waals surface area contributed by atoms with Gasteiger partial charge in [0.2, 0.25) is 0 Å². The lowest BCUT2D eigenvalue weighted by Gasteiger charge is -1.99. The average Bonchev–Trinajstić information content (AvgIpc) is 2.22. The highest BCUT2D eigenvalue weighted by atomic mass is 35.5. The van der Waals surface area contributed by atoms with E-state index >= 15 is 0 Å². The Kier molecular flexibility index (Phi) is 2.85. The molecule has 2 amide bonds. The Balaban J connectivity index is 2.52. The standard InChI is InChI=1S/C10H5Cl2N2O2/c11-6-1-2-8(7(12)5-6)14-10(16)4-3-9(15)13-14/h1-5H/q+1. The van der Waals surface area contributed by atoms with E-state index in [1.165, 1.54) is 12.1 Å². The van der Waals surface area contributed by atoms with Gasteiger partial charge in [0.15, 0.2) is 0 Å². The average molecular weight is 256 g/mol. The van der Waals surface area contributed by atoms with Crippen molar-refractivity contribution in [2.75, 3.05) is 0 Å². The van der Waals surface area contributed by atoms with Crippen LogP contribution in [0.25, 0.3) is 0 Å². The summed E-state index contributed by atoms with van der Waals surface area (Å²) in [6.07, 6.45) is 2.24. The second-order valence-electron chi connectivity index (χ2n) is 3.02. The van der Waals surface area contributed by atoms with Crippen molar-refractivity contribution in [3.8, 4) is 0 Å². The Morgan fingerprint density at radius 3 is 2.56 bits per heavy atom. The molecule has 6 heteroatoms. The molecular formula is C10H5Cl2N2O2+. The van der Waals surface area contributed by atoms with E-state index in [0.717, 1.165) is 16.8 Å². The molecule has 0 fully saturated rings. The molecule has 0 radical (unpaired) electrons. The maximum atomic E-state index is 11.5. The largest absolute Gasteiger partial charge is 0.443 e. The van der Waals surface area contributed by atoms with Crippen LogP contribution in [0.4, 0.5) is 5.69 Å². The summed E-state index contributed by atoms with van der Waals surface area (Å²) < 4.78 is 0.945. The molecule has 1 aromatic rings. The topological polar surface area (TPSA) is 49.5 Å². The van der Waals surface area contributed by atoms with Crippen molar-refractivity contribution in [2.24, 2.45) is 5.11 Å². The molecule has 1 aromatic carbocycles. The van der Waals surface area contributed by atoms with Gasteiger partial charge in [-0.1, -0.05) is 23.2 Å². The Morgan fingerprint density at radius 1 is 1.12 bits per heavy atom. The van der Waals surface area contributed by atoms with Crippen LogP contribution in [0.1, 0.15) is 0 Å². The first-order valence-electron chi connectivity index (χ1n) is 4.31. The number of hydrogen-bond donors (Lipinski definition) is 0. The molecule has 16 heavy (non-hydrogen) atoms. The van der Waals surface area contributed by atoms with Crippen LogP contribution in [-0.4, -0.2) is 16.5 Å². The second kappa shape index (κ2) is 4.15. The van der Waals surface area contributed by atoms with Gasteiger partial charge in [-0.2, -0.15) is 0 Å². The molecule has 0 unspecified atom stereocenters. The number of hydrogen-bond acceptors (Lipinski definition) is 2. The molecule has 0 aliphatic carbocycles. The third-order valence-electron chi connectivity index (χ3n) is 1.91. The van der Waals surface area contributed by atoms with Crippen LogP contribution in [0, 0.1) is 0 Å². The third-order valence-corrected chi connectivity index (χ3v) is 2.45. The molecule has 80 valence electrons. The lowest BCUT2D eigenvalue weighted by atomic mass is 10.3. The number of amides is 2. The van der Waals surface area contributed by atoms with E-state index in [1.54, 1.807) is 6.07 Å². The van der Waals surface area contributed by atoms with Crippen LogP contribution in [-0.2, 0) is 9.59 Å². The molecule has 2 rings (SSSR count). The van der Waals surface area contributed by atoms with Crippen LogP contribution in [0.5, 0.6) is 0 Å². The van der Waals surface area contributed by atoms with Crippen molar-refractivity contribution < 1.29 is 14.3 Å². The summed E-state index contributed by atoms with van der Waals surface area (Å²) in [6.45, 7) is 0. The SMILES string of the molecule is O=C1C=CC(=O)[N+](c2ccc(Cl)cc2Cl)=N1. The van der Waals surface area contributed by atoms with E-state index in [0.29, 0.717) is 10.7 Å². The van der Waals surface area contributed by atoms with Gasteiger partial charge in [0.05, 0.1) is 11.2 Å². The number of benzene rings is 1. The van der Waals surface area contributed by atoms with E-state index in [2.05, 4.69) is 5.11 Å². The number of carbonyl (C=O) groups excluding carboxylic acids is 2. The van der Waals surface area contributed by atoms with Crippen molar-refractivity contribution in [1.29, 1.82) is 0 Å². The van der Waals surface area contributed by atoms with Crippen molar-refractivity contribution in [1.82, 2.24) is 0 Å². The number of nitrogens with zero attached hydrogens (tertiary/aromatic N) is 2. The minimum atomic E-state index is -0.509. The van der Waals surface area contributed by atoms with Crippen LogP contribution in [0.15, 0.2) is 35.5 Å². The molecule has 0 saturated heterocycles. The predicted molar refractivity (Wildman–Crippen MR) is 58.0 cm³/mol. The first-order valence-corrected chi connectivity index (χ1v) is 5.06. The molecule has 0 spiro atoms. The van der Waals surface area contributed by atoms with E-state index in [1.807, 2.05) is 0 Å². The van der Waals surface area contributed by atoms with Crippen LogP contribution in [0.2, 0.25) is 10.0 Å². The summed E-state index contributed by atoms with van der Waals surface area (Å²) in [6, 6.07) is 4.57. The number of rotatable bonds is 1. The number of carbonyl (C=O) groups is 2. The van der Waals surface area contributed by atoms with Crippen LogP contribution in [0.3, 0.4) is 0 Å². The van der Waals surface area contributed by atoms with Crippen molar-refractivity contribution in [2.45, 2.75) is 0 Å². The molecule has 1 aliphatic heterocycles. The van der Waals surface area contributed by atoms with E-state index in [-0.39, 0.29) is 5.02 Å². The normalized spacial score (nSPS) is 15.2. The molecule has 0 bridgehead atoms. The van der Waals surface area contributed by atoms with Gasteiger partial charge < -0.3 is 0 Å². The smallest absolute Gasteiger partial charge is 0.261 e. The van der Waals surface area contributed by atoms with Crippen LogP contribution < -0.4 is 0 Å². The van der Waals surface area contributed by atoms with Crippen LogP contribution >= 0.6 is 23.2 Å². The van der Waals surface area contributed by atoms with Gasteiger partial charge in [-0.3, -0.25) is 4.79 Å². The Hall–Kier alpha value is -1.52. The molecule has 0 N–H and O–H groups in total. The van der Waals surface area contributed by atoms with Gasteiger partial charge in [-0.05, 0) is 16.8 Å². The molecule has 0 aromatic heterocycles. The fraction of sp³-hybridized carbons (Fsp3) is 0. The van der Waals surface area contributed by atoms with Gasteiger partial charge >= 0.3 is 11.8 Å². The van der Waals surface area contributed by atoms with Gasteiger partial charge in [0.1, 0.15) is 5.02 Å². The minimum absolute atomic E-state index is 0.257. The number of azo groups is 2. The quantitative estimate of drug-likeness (QED) is 0.725. The zero-order valence-electron chi connectivity index (χ0n) is 7.85. The molecular weight excluding hydrogens is 251 g/mol. The lowest BCUT2D eigenvalue weighted by molar-refractivity contribution is -0.425. The summed E-state index contributed by atoms with van der Waals surface area (Å²) in [5.41, 5.74) is 0.328. The predicted octanol–water partition coefficient (Wildman–Crippen LogP) is 2.71. The van der Waals surface area contributed by atoms with E-state index < -0.39 is 11.8 Å². The van der Waals surface area contributed by atoms with Gasteiger partial charge in [-0.25, -0.2) is 4.79 Å². The molecule has 4 nitrogen and oxygen atoms in total. The highest BCUT2D eigenvalue weighted by Gasteiger charge is 2.28. The van der Waals surface area contributed by atoms with Crippen molar-refractivity contribution in [3.63, 3.8) is 0 Å². The highest BCUT2D eigenvalue weighted by Crippen LogP contribution is 2.28. The summed E-state index contributed by atoms with van der Waals surface area (Å²) in [7, 11) is 0. The first-order chi connectivity index (χ1) is 7.58. The summed E-state index contributed by atoms with van der Waals surface area (Å²) in [5.74, 6) is -0.936. The maximum Gasteiger partial charge on any atom is 0.443 e. The zero-order chi connectivity index (χ0) is 11.7. The third kappa shape index (κ3) is 2.03. The maximum absolute atomic E-state index is 11.5.